The summed E-state index contributed by atoms with van der Waals surface area (Å²) in [5, 5.41) is 7.80. The summed E-state index contributed by atoms with van der Waals surface area (Å²) in [7, 11) is 0. The van der Waals surface area contributed by atoms with E-state index in [4.69, 9.17) is 16.3 Å². The van der Waals surface area contributed by atoms with Gasteiger partial charge in [-0.2, -0.15) is 13.2 Å². The van der Waals surface area contributed by atoms with Crippen LogP contribution in [0, 0.1) is 0 Å². The fourth-order valence-electron chi connectivity index (χ4n) is 1.80. The van der Waals surface area contributed by atoms with Crippen molar-refractivity contribution >= 4 is 35.0 Å². The molecule has 0 amide bonds. The molecule has 0 saturated carbocycles. The predicted octanol–water partition coefficient (Wildman–Crippen LogP) is 3.84. The predicted molar refractivity (Wildman–Crippen MR) is 79.6 cm³/mol. The molecule has 0 aromatic carbocycles. The second-order valence-corrected chi connectivity index (χ2v) is 5.98. The van der Waals surface area contributed by atoms with E-state index < -0.39 is 11.7 Å². The zero-order chi connectivity index (χ0) is 17.0. The van der Waals surface area contributed by atoms with Gasteiger partial charge in [0.2, 0.25) is 0 Å². The third kappa shape index (κ3) is 4.51. The van der Waals surface area contributed by atoms with E-state index in [1.165, 1.54) is 16.2 Å². The van der Waals surface area contributed by atoms with Crippen LogP contribution in [0.4, 0.5) is 13.2 Å². The molecule has 0 spiro atoms. The van der Waals surface area contributed by atoms with Gasteiger partial charge in [0.25, 0.3) is 0 Å². The number of carbonyl (C=O) groups is 1. The average Bonchev–Trinajstić information content (AvgIpc) is 2.87. The van der Waals surface area contributed by atoms with Gasteiger partial charge in [0, 0.05) is 18.4 Å². The van der Waals surface area contributed by atoms with Crippen LogP contribution in [0.2, 0.25) is 5.02 Å². The number of thioether (sulfide) groups is 1. The molecular formula is C13H13ClF3N3O2S. The monoisotopic (exact) mass is 367 g/mol. The number of aromatic nitrogens is 3. The second kappa shape index (κ2) is 7.39. The summed E-state index contributed by atoms with van der Waals surface area (Å²) in [6.07, 6.45) is -2.83. The van der Waals surface area contributed by atoms with Gasteiger partial charge in [-0.1, -0.05) is 23.4 Å². The molecule has 0 unspecified atom stereocenters. The van der Waals surface area contributed by atoms with Crippen molar-refractivity contribution in [3.8, 4) is 0 Å². The van der Waals surface area contributed by atoms with Gasteiger partial charge >= 0.3 is 12.1 Å². The highest BCUT2D eigenvalue weighted by atomic mass is 35.5. The summed E-state index contributed by atoms with van der Waals surface area (Å²) < 4.78 is 44.5. The molecule has 0 N–H and O–H groups in total. The zero-order valence-corrected chi connectivity index (χ0v) is 13.6. The Morgan fingerprint density at radius 1 is 1.43 bits per heavy atom. The third-order valence-electron chi connectivity index (χ3n) is 2.82. The molecule has 0 aliphatic heterocycles. The molecule has 2 aromatic heterocycles. The van der Waals surface area contributed by atoms with Crippen molar-refractivity contribution in [2.24, 2.45) is 0 Å². The first-order chi connectivity index (χ1) is 10.8. The van der Waals surface area contributed by atoms with E-state index in [-0.39, 0.29) is 28.2 Å². The van der Waals surface area contributed by atoms with Crippen LogP contribution in [0.15, 0.2) is 17.4 Å². The number of fused-ring (bicyclic) bond motifs is 1. The number of alkyl halides is 3. The number of nitrogens with zero attached hydrogens (tertiary/aromatic N) is 3. The summed E-state index contributed by atoms with van der Waals surface area (Å²) in [5.74, 6) is 0.189. The normalized spacial score (nSPS) is 11.9. The van der Waals surface area contributed by atoms with Crippen molar-refractivity contribution in [1.82, 2.24) is 14.6 Å². The fourth-order valence-corrected chi connectivity index (χ4v) is 2.89. The molecule has 0 atom stereocenters. The molecule has 23 heavy (non-hydrogen) atoms. The molecule has 2 heterocycles. The van der Waals surface area contributed by atoms with Crippen molar-refractivity contribution in [3.63, 3.8) is 0 Å². The lowest BCUT2D eigenvalue weighted by atomic mass is 10.3. The molecule has 0 radical (unpaired) electrons. The topological polar surface area (TPSA) is 56.5 Å². The van der Waals surface area contributed by atoms with Crippen molar-refractivity contribution in [1.29, 1.82) is 0 Å². The van der Waals surface area contributed by atoms with Gasteiger partial charge in [0.15, 0.2) is 10.8 Å². The minimum Gasteiger partial charge on any atom is -0.466 e. The lowest BCUT2D eigenvalue weighted by Gasteiger charge is -2.08. The van der Waals surface area contributed by atoms with Crippen LogP contribution >= 0.6 is 23.4 Å². The number of halogens is 4. The lowest BCUT2D eigenvalue weighted by molar-refractivity contribution is -0.143. The Bertz CT molecular complexity index is 706. The van der Waals surface area contributed by atoms with Crippen LogP contribution in [-0.4, -0.2) is 32.9 Å². The van der Waals surface area contributed by atoms with E-state index >= 15 is 0 Å². The molecule has 0 aliphatic rings. The van der Waals surface area contributed by atoms with E-state index in [1.54, 1.807) is 6.92 Å². The van der Waals surface area contributed by atoms with Crippen LogP contribution in [0.5, 0.6) is 0 Å². The number of carbonyl (C=O) groups excluding carboxylic acids is 1. The summed E-state index contributed by atoms with van der Waals surface area (Å²) >= 11 is 7.03. The highest BCUT2D eigenvalue weighted by molar-refractivity contribution is 7.99. The second-order valence-electron chi connectivity index (χ2n) is 4.51. The molecule has 126 valence electrons. The van der Waals surface area contributed by atoms with Gasteiger partial charge in [0.05, 0.1) is 17.2 Å². The molecular weight excluding hydrogens is 355 g/mol. The van der Waals surface area contributed by atoms with Gasteiger partial charge in [0.1, 0.15) is 0 Å². The van der Waals surface area contributed by atoms with E-state index in [1.807, 2.05) is 0 Å². The molecule has 0 fully saturated rings. The van der Waals surface area contributed by atoms with E-state index in [0.717, 1.165) is 12.3 Å². The van der Waals surface area contributed by atoms with Crippen LogP contribution in [0.3, 0.4) is 0 Å². The largest absolute Gasteiger partial charge is 0.466 e. The number of ether oxygens (including phenoxy) is 1. The Balaban J connectivity index is 2.09. The van der Waals surface area contributed by atoms with Gasteiger partial charge in [-0.15, -0.1) is 10.2 Å². The molecule has 5 nitrogen and oxygen atoms in total. The number of pyridine rings is 1. The molecule has 2 aromatic rings. The Kier molecular flexibility index (Phi) is 5.74. The first kappa shape index (κ1) is 17.9. The minimum atomic E-state index is -4.51. The molecule has 0 saturated heterocycles. The Morgan fingerprint density at radius 3 is 2.83 bits per heavy atom. The average molecular weight is 368 g/mol. The minimum absolute atomic E-state index is 0.120. The first-order valence-electron chi connectivity index (χ1n) is 6.72. The summed E-state index contributed by atoms with van der Waals surface area (Å²) in [4.78, 5) is 11.2. The maximum absolute atomic E-state index is 12.8. The van der Waals surface area contributed by atoms with Gasteiger partial charge in [-0.3, -0.25) is 9.20 Å². The Hall–Kier alpha value is -1.48. The van der Waals surface area contributed by atoms with Crippen LogP contribution < -0.4 is 0 Å². The lowest BCUT2D eigenvalue weighted by Crippen LogP contribution is -2.07. The van der Waals surface area contributed by atoms with Crippen LogP contribution in [-0.2, 0) is 15.7 Å². The first-order valence-corrected chi connectivity index (χ1v) is 8.09. The van der Waals surface area contributed by atoms with E-state index in [2.05, 4.69) is 10.2 Å². The molecule has 0 bridgehead atoms. The van der Waals surface area contributed by atoms with E-state index in [9.17, 15) is 18.0 Å². The highest BCUT2D eigenvalue weighted by Gasteiger charge is 2.32. The Labute approximate surface area is 139 Å². The van der Waals surface area contributed by atoms with Crippen LogP contribution in [0.25, 0.3) is 5.65 Å². The number of rotatable bonds is 6. The van der Waals surface area contributed by atoms with Crippen LogP contribution in [0.1, 0.15) is 25.3 Å². The molecule has 10 heteroatoms. The van der Waals surface area contributed by atoms with Crippen molar-refractivity contribution in [2.45, 2.75) is 31.1 Å². The Morgan fingerprint density at radius 2 is 2.17 bits per heavy atom. The quantitative estimate of drug-likeness (QED) is 0.441. The number of esters is 1. The van der Waals surface area contributed by atoms with Crippen molar-refractivity contribution < 1.29 is 22.7 Å². The van der Waals surface area contributed by atoms with Gasteiger partial charge < -0.3 is 4.74 Å². The van der Waals surface area contributed by atoms with E-state index in [0.29, 0.717) is 18.8 Å². The number of hydrogen-bond acceptors (Lipinski definition) is 5. The maximum atomic E-state index is 12.8. The highest BCUT2D eigenvalue weighted by Crippen LogP contribution is 2.33. The zero-order valence-electron chi connectivity index (χ0n) is 12.1. The summed E-state index contributed by atoms with van der Waals surface area (Å²) in [6.45, 7) is 2.04. The standard InChI is InChI=1S/C13H13ClF3N3O2S/c1-2-22-10(21)4-3-5-23-12-19-18-11-9(14)6-8(7-20(11)12)13(15,16)17/h6-7H,2-5H2,1H3. The van der Waals surface area contributed by atoms with Gasteiger partial charge in [-0.05, 0) is 19.4 Å². The maximum Gasteiger partial charge on any atom is 0.417 e. The van der Waals surface area contributed by atoms with Crippen molar-refractivity contribution in [3.05, 3.63) is 22.8 Å². The van der Waals surface area contributed by atoms with Crippen molar-refractivity contribution in [2.75, 3.05) is 12.4 Å². The smallest absolute Gasteiger partial charge is 0.417 e. The molecule has 2 rings (SSSR count). The SMILES string of the molecule is CCOC(=O)CCCSc1nnc2c(Cl)cc(C(F)(F)F)cn12. The van der Waals surface area contributed by atoms with Gasteiger partial charge in [-0.25, -0.2) is 0 Å². The summed E-state index contributed by atoms with van der Waals surface area (Å²) in [6, 6.07) is 0.820. The fraction of sp³-hybridized carbons (Fsp3) is 0.462. The third-order valence-corrected chi connectivity index (χ3v) is 4.13. The molecule has 0 aliphatic carbocycles. The summed E-state index contributed by atoms with van der Waals surface area (Å²) in [5.41, 5.74) is -0.712. The number of hydrogen-bond donors (Lipinski definition) is 0.